The van der Waals surface area contributed by atoms with Gasteiger partial charge in [-0.1, -0.05) is 12.1 Å². The Morgan fingerprint density at radius 2 is 2.04 bits per heavy atom. The first-order valence-corrected chi connectivity index (χ1v) is 8.71. The molecule has 0 aliphatic heterocycles. The van der Waals surface area contributed by atoms with Crippen molar-refractivity contribution in [2.45, 2.75) is 37.8 Å². The van der Waals surface area contributed by atoms with Crippen LogP contribution in [0, 0.1) is 0 Å². The normalized spacial score (nSPS) is 21.3. The van der Waals surface area contributed by atoms with Crippen LogP contribution in [-0.2, 0) is 4.74 Å². The van der Waals surface area contributed by atoms with Crippen LogP contribution >= 0.6 is 27.5 Å². The zero-order valence-electron chi connectivity index (χ0n) is 12.7. The Labute approximate surface area is 147 Å². The van der Waals surface area contributed by atoms with Crippen molar-refractivity contribution in [1.29, 1.82) is 0 Å². The lowest BCUT2D eigenvalue weighted by molar-refractivity contribution is 0.0598. The number of fused-ring (bicyclic) bond motifs is 1. The van der Waals surface area contributed by atoms with E-state index in [-0.39, 0.29) is 17.2 Å². The summed E-state index contributed by atoms with van der Waals surface area (Å²) >= 11 is 9.41. The lowest BCUT2D eigenvalue weighted by Crippen LogP contribution is -2.39. The number of hydrogen-bond acceptors (Lipinski definition) is 4. The van der Waals surface area contributed by atoms with Crippen LogP contribution in [0.3, 0.4) is 0 Å². The molecule has 0 radical (unpaired) electrons. The second-order valence-electron chi connectivity index (χ2n) is 5.66. The SMILES string of the molecule is COC1CCC(NC(=O)c2nc(Cl)nc3c(Br)cccc23)CC1. The maximum absolute atomic E-state index is 12.6. The molecule has 1 aliphatic rings. The predicted octanol–water partition coefficient (Wildman–Crippen LogP) is 3.73. The van der Waals surface area contributed by atoms with Crippen molar-refractivity contribution >= 4 is 44.3 Å². The second kappa shape index (κ2) is 7.11. The Hall–Kier alpha value is -1.24. The summed E-state index contributed by atoms with van der Waals surface area (Å²) in [6.45, 7) is 0. The molecular weight excluding hydrogens is 382 g/mol. The van der Waals surface area contributed by atoms with Crippen molar-refractivity contribution < 1.29 is 9.53 Å². The van der Waals surface area contributed by atoms with E-state index in [4.69, 9.17) is 16.3 Å². The van der Waals surface area contributed by atoms with Crippen LogP contribution in [0.5, 0.6) is 0 Å². The molecule has 1 aromatic carbocycles. The topological polar surface area (TPSA) is 64.1 Å². The molecule has 1 fully saturated rings. The van der Waals surface area contributed by atoms with E-state index < -0.39 is 0 Å². The molecule has 7 heteroatoms. The number of aromatic nitrogens is 2. The molecule has 122 valence electrons. The minimum absolute atomic E-state index is 0.0673. The number of halogens is 2. The highest BCUT2D eigenvalue weighted by atomic mass is 79.9. The van der Waals surface area contributed by atoms with Gasteiger partial charge in [0.2, 0.25) is 5.28 Å². The van der Waals surface area contributed by atoms with Crippen LogP contribution in [0.1, 0.15) is 36.2 Å². The van der Waals surface area contributed by atoms with Crippen LogP contribution in [0.25, 0.3) is 10.9 Å². The molecule has 1 amide bonds. The summed E-state index contributed by atoms with van der Waals surface area (Å²) < 4.78 is 6.15. The molecule has 0 atom stereocenters. The molecule has 1 aromatic heterocycles. The summed E-state index contributed by atoms with van der Waals surface area (Å²) in [4.78, 5) is 21.0. The largest absolute Gasteiger partial charge is 0.381 e. The number of hydrogen-bond donors (Lipinski definition) is 1. The second-order valence-corrected chi connectivity index (χ2v) is 6.85. The van der Waals surface area contributed by atoms with Gasteiger partial charge in [-0.05, 0) is 59.3 Å². The van der Waals surface area contributed by atoms with Crippen molar-refractivity contribution in [3.63, 3.8) is 0 Å². The summed E-state index contributed by atoms with van der Waals surface area (Å²) in [6, 6.07) is 5.68. The smallest absolute Gasteiger partial charge is 0.270 e. The zero-order valence-corrected chi connectivity index (χ0v) is 15.0. The number of benzene rings is 1. The number of methoxy groups -OCH3 is 1. The standard InChI is InChI=1S/C16H17BrClN3O2/c1-23-10-7-5-9(6-8-10)19-15(22)14-11-3-2-4-12(17)13(11)20-16(18)21-14/h2-4,9-10H,5-8H2,1H3,(H,19,22). The van der Waals surface area contributed by atoms with E-state index in [1.54, 1.807) is 7.11 Å². The maximum Gasteiger partial charge on any atom is 0.270 e. The summed E-state index contributed by atoms with van der Waals surface area (Å²) in [7, 11) is 1.73. The van der Waals surface area contributed by atoms with Gasteiger partial charge in [-0.2, -0.15) is 0 Å². The van der Waals surface area contributed by atoms with Gasteiger partial charge in [0.1, 0.15) is 5.69 Å². The van der Waals surface area contributed by atoms with Crippen LogP contribution in [-0.4, -0.2) is 35.1 Å². The van der Waals surface area contributed by atoms with E-state index in [2.05, 4.69) is 31.2 Å². The number of ether oxygens (including phenoxy) is 1. The number of amides is 1. The molecule has 1 saturated carbocycles. The number of carbonyl (C=O) groups is 1. The fourth-order valence-electron chi connectivity index (χ4n) is 2.96. The number of nitrogens with zero attached hydrogens (tertiary/aromatic N) is 2. The highest BCUT2D eigenvalue weighted by Crippen LogP contribution is 2.26. The lowest BCUT2D eigenvalue weighted by atomic mass is 9.93. The third-order valence-corrected chi connectivity index (χ3v) is 5.02. The molecule has 3 rings (SSSR count). The molecule has 0 unspecified atom stereocenters. The summed E-state index contributed by atoms with van der Waals surface area (Å²) in [5, 5.41) is 3.81. The third kappa shape index (κ3) is 3.65. The summed E-state index contributed by atoms with van der Waals surface area (Å²) in [5.74, 6) is -0.210. The first-order chi connectivity index (χ1) is 11.1. The highest BCUT2D eigenvalue weighted by molar-refractivity contribution is 9.10. The van der Waals surface area contributed by atoms with Crippen molar-refractivity contribution in [1.82, 2.24) is 15.3 Å². The first kappa shape index (κ1) is 16.6. The molecule has 5 nitrogen and oxygen atoms in total. The minimum atomic E-state index is -0.210. The van der Waals surface area contributed by atoms with Gasteiger partial charge in [-0.3, -0.25) is 4.79 Å². The zero-order chi connectivity index (χ0) is 16.4. The van der Waals surface area contributed by atoms with E-state index in [1.165, 1.54) is 0 Å². The molecule has 0 spiro atoms. The van der Waals surface area contributed by atoms with E-state index in [1.807, 2.05) is 18.2 Å². The van der Waals surface area contributed by atoms with Crippen molar-refractivity contribution in [2.75, 3.05) is 7.11 Å². The van der Waals surface area contributed by atoms with Gasteiger partial charge in [-0.15, -0.1) is 0 Å². The van der Waals surface area contributed by atoms with Gasteiger partial charge in [-0.25, -0.2) is 9.97 Å². The van der Waals surface area contributed by atoms with Crippen LogP contribution < -0.4 is 5.32 Å². The Morgan fingerprint density at radius 3 is 2.74 bits per heavy atom. The van der Waals surface area contributed by atoms with Gasteiger partial charge < -0.3 is 10.1 Å². The van der Waals surface area contributed by atoms with Gasteiger partial charge in [0, 0.05) is 23.0 Å². The van der Waals surface area contributed by atoms with Crippen LogP contribution in [0.15, 0.2) is 22.7 Å². The minimum Gasteiger partial charge on any atom is -0.381 e. The van der Waals surface area contributed by atoms with Gasteiger partial charge in [0.15, 0.2) is 0 Å². The predicted molar refractivity (Wildman–Crippen MR) is 92.8 cm³/mol. The highest BCUT2D eigenvalue weighted by Gasteiger charge is 2.24. The van der Waals surface area contributed by atoms with Gasteiger partial charge in [0.05, 0.1) is 11.6 Å². The molecular formula is C16H17BrClN3O2. The molecule has 0 saturated heterocycles. The summed E-state index contributed by atoms with van der Waals surface area (Å²) in [5.41, 5.74) is 0.955. The fraction of sp³-hybridized carbons (Fsp3) is 0.438. The average molecular weight is 399 g/mol. The van der Waals surface area contributed by atoms with E-state index >= 15 is 0 Å². The molecule has 1 N–H and O–H groups in total. The van der Waals surface area contributed by atoms with Crippen molar-refractivity contribution in [3.8, 4) is 0 Å². The van der Waals surface area contributed by atoms with Crippen molar-refractivity contribution in [2.24, 2.45) is 0 Å². The van der Waals surface area contributed by atoms with Crippen LogP contribution in [0.4, 0.5) is 0 Å². The summed E-state index contributed by atoms with van der Waals surface area (Å²) in [6.07, 6.45) is 4.03. The number of carbonyl (C=O) groups excluding carboxylic acids is 1. The molecule has 0 bridgehead atoms. The number of nitrogens with one attached hydrogen (secondary N) is 1. The van der Waals surface area contributed by atoms with Crippen LogP contribution in [0.2, 0.25) is 5.28 Å². The van der Waals surface area contributed by atoms with E-state index in [0.717, 1.165) is 30.2 Å². The number of para-hydroxylation sites is 1. The Balaban J connectivity index is 1.83. The molecule has 2 aromatic rings. The lowest BCUT2D eigenvalue weighted by Gasteiger charge is -2.28. The Kier molecular flexibility index (Phi) is 5.14. The first-order valence-electron chi connectivity index (χ1n) is 7.54. The van der Waals surface area contributed by atoms with Gasteiger partial charge >= 0.3 is 0 Å². The maximum atomic E-state index is 12.6. The average Bonchev–Trinajstić information content (AvgIpc) is 2.56. The monoisotopic (exact) mass is 397 g/mol. The van der Waals surface area contributed by atoms with Gasteiger partial charge in [0.25, 0.3) is 5.91 Å². The molecule has 1 aliphatic carbocycles. The Bertz CT molecular complexity index is 733. The molecule has 1 heterocycles. The fourth-order valence-corrected chi connectivity index (χ4v) is 3.58. The third-order valence-electron chi connectivity index (χ3n) is 4.21. The van der Waals surface area contributed by atoms with E-state index in [9.17, 15) is 4.79 Å². The van der Waals surface area contributed by atoms with Crippen molar-refractivity contribution in [3.05, 3.63) is 33.6 Å². The quantitative estimate of drug-likeness (QED) is 0.800. The number of rotatable bonds is 3. The van der Waals surface area contributed by atoms with E-state index in [0.29, 0.717) is 22.7 Å². The molecule has 23 heavy (non-hydrogen) atoms. The Morgan fingerprint density at radius 1 is 1.30 bits per heavy atom.